The average Bonchev–Trinajstić information content (AvgIpc) is 3.00. The first-order chi connectivity index (χ1) is 7.25. The van der Waals surface area contributed by atoms with Gasteiger partial charge in [0.15, 0.2) is 0 Å². The molecule has 82 valence electrons. The van der Waals surface area contributed by atoms with Crippen LogP contribution in [0.2, 0.25) is 0 Å². The highest BCUT2D eigenvalue weighted by Crippen LogP contribution is 2.33. The number of aryl methyl sites for hydroxylation is 1. The molecule has 0 aromatic heterocycles. The van der Waals surface area contributed by atoms with Crippen molar-refractivity contribution in [2.24, 2.45) is 5.92 Å². The van der Waals surface area contributed by atoms with Crippen LogP contribution >= 0.6 is 0 Å². The van der Waals surface area contributed by atoms with Crippen LogP contribution in [0.3, 0.4) is 0 Å². The number of ether oxygens (including phenoxy) is 1. The smallest absolute Gasteiger partial charge is 0.119 e. The third-order valence-corrected chi connectivity index (χ3v) is 2.84. The monoisotopic (exact) mass is 206 g/mol. The van der Waals surface area contributed by atoms with Crippen molar-refractivity contribution in [1.82, 2.24) is 0 Å². The fourth-order valence-electron chi connectivity index (χ4n) is 1.72. The summed E-state index contributed by atoms with van der Waals surface area (Å²) in [5.74, 6) is 1.45. The number of hydrogen-bond donors (Lipinski definition) is 1. The summed E-state index contributed by atoms with van der Waals surface area (Å²) >= 11 is 0. The number of benzene rings is 1. The zero-order valence-electron chi connectivity index (χ0n) is 9.15. The van der Waals surface area contributed by atoms with E-state index in [2.05, 4.69) is 0 Å². The third kappa shape index (κ3) is 3.24. The van der Waals surface area contributed by atoms with E-state index in [4.69, 9.17) is 4.74 Å². The second-order valence-corrected chi connectivity index (χ2v) is 4.36. The van der Waals surface area contributed by atoms with Gasteiger partial charge in [-0.2, -0.15) is 0 Å². The average molecular weight is 206 g/mol. The second kappa shape index (κ2) is 4.67. The van der Waals surface area contributed by atoms with Crippen LogP contribution in [0, 0.1) is 12.8 Å². The molecule has 2 rings (SSSR count). The summed E-state index contributed by atoms with van der Waals surface area (Å²) < 4.78 is 5.58. The molecule has 0 bridgehead atoms. The number of aliphatic hydroxyl groups excluding tert-OH is 1. The molecule has 0 heterocycles. The Kier molecular flexibility index (Phi) is 3.27. The molecule has 2 heteroatoms. The zero-order chi connectivity index (χ0) is 10.7. The molecule has 1 aromatic rings. The van der Waals surface area contributed by atoms with Gasteiger partial charge >= 0.3 is 0 Å². The Morgan fingerprint density at radius 3 is 2.93 bits per heavy atom. The lowest BCUT2D eigenvalue weighted by Gasteiger charge is -2.10. The van der Waals surface area contributed by atoms with Crippen molar-refractivity contribution < 1.29 is 9.84 Å². The van der Waals surface area contributed by atoms with Gasteiger partial charge in [0.2, 0.25) is 0 Å². The van der Waals surface area contributed by atoms with Crippen molar-refractivity contribution in [3.8, 4) is 5.75 Å². The summed E-state index contributed by atoms with van der Waals surface area (Å²) in [7, 11) is 0. The molecule has 0 radical (unpaired) electrons. The lowest BCUT2D eigenvalue weighted by Crippen LogP contribution is -2.13. The van der Waals surface area contributed by atoms with E-state index in [9.17, 15) is 5.11 Å². The summed E-state index contributed by atoms with van der Waals surface area (Å²) in [5.41, 5.74) is 1.20. The third-order valence-electron chi connectivity index (χ3n) is 2.84. The van der Waals surface area contributed by atoms with E-state index < -0.39 is 0 Å². The quantitative estimate of drug-likeness (QED) is 0.802. The van der Waals surface area contributed by atoms with E-state index in [0.717, 1.165) is 12.2 Å². The fraction of sp³-hybridized carbons (Fsp3) is 0.538. The molecule has 0 saturated heterocycles. The molecule has 1 saturated carbocycles. The highest BCUT2D eigenvalue weighted by molar-refractivity contribution is 5.27. The normalized spacial score (nSPS) is 17.5. The summed E-state index contributed by atoms with van der Waals surface area (Å²) in [5, 5.41) is 9.64. The van der Waals surface area contributed by atoms with E-state index in [0.29, 0.717) is 12.5 Å². The van der Waals surface area contributed by atoms with Gasteiger partial charge < -0.3 is 9.84 Å². The second-order valence-electron chi connectivity index (χ2n) is 4.36. The highest BCUT2D eigenvalue weighted by atomic mass is 16.5. The molecule has 0 spiro atoms. The predicted octanol–water partition coefficient (Wildman–Crippen LogP) is 2.53. The van der Waals surface area contributed by atoms with Crippen molar-refractivity contribution in [2.75, 3.05) is 6.61 Å². The van der Waals surface area contributed by atoms with E-state index in [-0.39, 0.29) is 6.10 Å². The van der Waals surface area contributed by atoms with Crippen LogP contribution < -0.4 is 4.74 Å². The molecule has 1 N–H and O–H groups in total. The molecule has 1 aliphatic rings. The summed E-state index contributed by atoms with van der Waals surface area (Å²) in [6, 6.07) is 8.01. The molecule has 1 atom stereocenters. The van der Waals surface area contributed by atoms with Gasteiger partial charge in [-0.1, -0.05) is 12.1 Å². The Bertz CT molecular complexity index is 318. The molecule has 1 aromatic carbocycles. The lowest BCUT2D eigenvalue weighted by atomic mass is 10.2. The van der Waals surface area contributed by atoms with Crippen molar-refractivity contribution in [2.45, 2.75) is 32.3 Å². The van der Waals surface area contributed by atoms with Crippen LogP contribution in [0.25, 0.3) is 0 Å². The van der Waals surface area contributed by atoms with Gasteiger partial charge in [0.05, 0.1) is 12.7 Å². The first-order valence-electron chi connectivity index (χ1n) is 5.63. The summed E-state index contributed by atoms with van der Waals surface area (Å²) in [6.07, 6.45) is 2.96. The first-order valence-corrected chi connectivity index (χ1v) is 5.63. The van der Waals surface area contributed by atoms with Crippen LogP contribution in [0.4, 0.5) is 0 Å². The Hall–Kier alpha value is -1.02. The van der Waals surface area contributed by atoms with E-state index in [1.807, 2.05) is 31.2 Å². The largest absolute Gasteiger partial charge is 0.493 e. The number of hydrogen-bond acceptors (Lipinski definition) is 2. The lowest BCUT2D eigenvalue weighted by molar-refractivity contribution is 0.119. The molecule has 1 aliphatic carbocycles. The minimum absolute atomic E-state index is 0.158. The molecule has 1 unspecified atom stereocenters. The molecule has 0 amide bonds. The summed E-state index contributed by atoms with van der Waals surface area (Å²) in [4.78, 5) is 0. The van der Waals surface area contributed by atoms with E-state index in [1.165, 1.54) is 18.4 Å². The van der Waals surface area contributed by atoms with Crippen LogP contribution in [-0.4, -0.2) is 17.8 Å². The Labute approximate surface area is 90.9 Å². The predicted molar refractivity (Wildman–Crippen MR) is 60.0 cm³/mol. The molecule has 1 fully saturated rings. The fourth-order valence-corrected chi connectivity index (χ4v) is 1.72. The van der Waals surface area contributed by atoms with Crippen LogP contribution in [0.15, 0.2) is 24.3 Å². The van der Waals surface area contributed by atoms with Gasteiger partial charge in [-0.3, -0.25) is 0 Å². The van der Waals surface area contributed by atoms with Gasteiger partial charge in [-0.15, -0.1) is 0 Å². The maximum atomic E-state index is 9.64. The maximum Gasteiger partial charge on any atom is 0.119 e. The Morgan fingerprint density at radius 1 is 1.47 bits per heavy atom. The Morgan fingerprint density at radius 2 is 2.27 bits per heavy atom. The van der Waals surface area contributed by atoms with Crippen LogP contribution in [-0.2, 0) is 0 Å². The van der Waals surface area contributed by atoms with Gasteiger partial charge in [-0.25, -0.2) is 0 Å². The molecular weight excluding hydrogens is 188 g/mol. The van der Waals surface area contributed by atoms with Gasteiger partial charge in [0.25, 0.3) is 0 Å². The van der Waals surface area contributed by atoms with Gasteiger partial charge in [0.1, 0.15) is 5.75 Å². The number of rotatable bonds is 5. The zero-order valence-corrected chi connectivity index (χ0v) is 9.15. The van der Waals surface area contributed by atoms with Crippen molar-refractivity contribution in [3.63, 3.8) is 0 Å². The standard InChI is InChI=1S/C13H18O2/c1-10-3-2-4-12(9-10)15-8-7-13(14)11-5-6-11/h2-4,9,11,13-14H,5-8H2,1H3. The van der Waals surface area contributed by atoms with E-state index in [1.54, 1.807) is 0 Å². The minimum atomic E-state index is -0.158. The van der Waals surface area contributed by atoms with Crippen LogP contribution in [0.1, 0.15) is 24.8 Å². The minimum Gasteiger partial charge on any atom is -0.493 e. The summed E-state index contributed by atoms with van der Waals surface area (Å²) in [6.45, 7) is 2.66. The molecular formula is C13H18O2. The topological polar surface area (TPSA) is 29.5 Å². The highest BCUT2D eigenvalue weighted by Gasteiger charge is 2.29. The van der Waals surface area contributed by atoms with Crippen LogP contribution in [0.5, 0.6) is 5.75 Å². The molecule has 2 nitrogen and oxygen atoms in total. The van der Waals surface area contributed by atoms with E-state index >= 15 is 0 Å². The first kappa shape index (κ1) is 10.5. The van der Waals surface area contributed by atoms with Gasteiger partial charge in [-0.05, 0) is 43.4 Å². The van der Waals surface area contributed by atoms with Crippen molar-refractivity contribution >= 4 is 0 Å². The molecule has 15 heavy (non-hydrogen) atoms. The van der Waals surface area contributed by atoms with Crippen molar-refractivity contribution in [1.29, 1.82) is 0 Å². The number of aliphatic hydroxyl groups is 1. The van der Waals surface area contributed by atoms with Gasteiger partial charge in [0, 0.05) is 6.42 Å². The van der Waals surface area contributed by atoms with Crippen molar-refractivity contribution in [3.05, 3.63) is 29.8 Å². The Balaban J connectivity index is 1.73. The SMILES string of the molecule is Cc1cccc(OCCC(O)C2CC2)c1. The maximum absolute atomic E-state index is 9.64. The molecule has 0 aliphatic heterocycles.